The van der Waals surface area contributed by atoms with Crippen molar-refractivity contribution in [2.75, 3.05) is 20.8 Å². The Morgan fingerprint density at radius 2 is 1.71 bits per heavy atom. The zero-order valence-electron chi connectivity index (χ0n) is 13.2. The molecule has 0 saturated carbocycles. The standard InChI is InChI=1S/C18H23NO2/c1-5-19-12-14-6-8-16(13(2)10-14)17-9-7-15(20-3)11-18(17)21-4/h6-11,19H,5,12H2,1-4H3. The van der Waals surface area contributed by atoms with Crippen LogP contribution in [0.2, 0.25) is 0 Å². The molecule has 112 valence electrons. The predicted molar refractivity (Wildman–Crippen MR) is 87.1 cm³/mol. The molecule has 2 aromatic rings. The van der Waals surface area contributed by atoms with E-state index in [2.05, 4.69) is 37.4 Å². The largest absolute Gasteiger partial charge is 0.497 e. The Bertz CT molecular complexity index is 608. The van der Waals surface area contributed by atoms with E-state index in [0.717, 1.165) is 30.2 Å². The van der Waals surface area contributed by atoms with Crippen molar-refractivity contribution in [3.63, 3.8) is 0 Å². The van der Waals surface area contributed by atoms with Gasteiger partial charge in [0.2, 0.25) is 0 Å². The van der Waals surface area contributed by atoms with Crippen LogP contribution in [0.1, 0.15) is 18.1 Å². The number of ether oxygens (including phenoxy) is 2. The topological polar surface area (TPSA) is 30.5 Å². The number of benzene rings is 2. The lowest BCUT2D eigenvalue weighted by atomic mass is 9.97. The molecule has 0 bridgehead atoms. The van der Waals surface area contributed by atoms with E-state index in [4.69, 9.17) is 9.47 Å². The molecule has 0 aromatic heterocycles. The average Bonchev–Trinajstić information content (AvgIpc) is 2.52. The molecule has 0 aliphatic rings. The minimum atomic E-state index is 0.803. The van der Waals surface area contributed by atoms with E-state index in [9.17, 15) is 0 Å². The molecular formula is C18H23NO2. The maximum Gasteiger partial charge on any atom is 0.130 e. The summed E-state index contributed by atoms with van der Waals surface area (Å²) in [5.41, 5.74) is 4.82. The van der Waals surface area contributed by atoms with Gasteiger partial charge in [-0.05, 0) is 42.3 Å². The summed E-state index contributed by atoms with van der Waals surface area (Å²) in [5, 5.41) is 3.35. The van der Waals surface area contributed by atoms with Crippen LogP contribution in [0.4, 0.5) is 0 Å². The Kier molecular flexibility index (Phi) is 5.23. The van der Waals surface area contributed by atoms with E-state index in [1.165, 1.54) is 16.7 Å². The van der Waals surface area contributed by atoms with Crippen molar-refractivity contribution in [2.45, 2.75) is 20.4 Å². The highest BCUT2D eigenvalue weighted by atomic mass is 16.5. The zero-order chi connectivity index (χ0) is 15.2. The average molecular weight is 285 g/mol. The first-order valence-electron chi connectivity index (χ1n) is 7.22. The van der Waals surface area contributed by atoms with Gasteiger partial charge in [0, 0.05) is 18.2 Å². The van der Waals surface area contributed by atoms with Crippen molar-refractivity contribution < 1.29 is 9.47 Å². The fourth-order valence-electron chi connectivity index (χ4n) is 2.43. The molecule has 0 amide bonds. The molecule has 21 heavy (non-hydrogen) atoms. The summed E-state index contributed by atoms with van der Waals surface area (Å²) in [6.07, 6.45) is 0. The van der Waals surface area contributed by atoms with Crippen molar-refractivity contribution in [3.05, 3.63) is 47.5 Å². The Labute approximate surface area is 126 Å². The molecule has 0 radical (unpaired) electrons. The second kappa shape index (κ2) is 7.14. The smallest absolute Gasteiger partial charge is 0.130 e. The fraction of sp³-hybridized carbons (Fsp3) is 0.333. The van der Waals surface area contributed by atoms with Crippen LogP contribution >= 0.6 is 0 Å². The van der Waals surface area contributed by atoms with Gasteiger partial charge < -0.3 is 14.8 Å². The van der Waals surface area contributed by atoms with Gasteiger partial charge in [-0.1, -0.05) is 25.1 Å². The third-order valence-corrected chi connectivity index (χ3v) is 3.57. The van der Waals surface area contributed by atoms with Gasteiger partial charge in [-0.2, -0.15) is 0 Å². The van der Waals surface area contributed by atoms with Gasteiger partial charge in [-0.15, -0.1) is 0 Å². The summed E-state index contributed by atoms with van der Waals surface area (Å²) in [6, 6.07) is 12.5. The highest BCUT2D eigenvalue weighted by molar-refractivity contribution is 5.74. The van der Waals surface area contributed by atoms with E-state index >= 15 is 0 Å². The molecule has 0 fully saturated rings. The Hall–Kier alpha value is -2.00. The third kappa shape index (κ3) is 3.56. The molecular weight excluding hydrogens is 262 g/mol. The van der Waals surface area contributed by atoms with Gasteiger partial charge in [0.1, 0.15) is 11.5 Å². The van der Waals surface area contributed by atoms with Crippen LogP contribution in [0.5, 0.6) is 11.5 Å². The molecule has 1 N–H and O–H groups in total. The van der Waals surface area contributed by atoms with Crippen molar-refractivity contribution in [1.82, 2.24) is 5.32 Å². The Balaban J connectivity index is 2.37. The van der Waals surface area contributed by atoms with E-state index in [1.54, 1.807) is 14.2 Å². The van der Waals surface area contributed by atoms with E-state index in [1.807, 2.05) is 18.2 Å². The van der Waals surface area contributed by atoms with Crippen LogP contribution < -0.4 is 14.8 Å². The van der Waals surface area contributed by atoms with Crippen molar-refractivity contribution in [2.24, 2.45) is 0 Å². The molecule has 0 saturated heterocycles. The summed E-state index contributed by atoms with van der Waals surface area (Å²) in [5.74, 6) is 1.63. The van der Waals surface area contributed by atoms with Crippen LogP contribution in [0.25, 0.3) is 11.1 Å². The third-order valence-electron chi connectivity index (χ3n) is 3.57. The summed E-state index contributed by atoms with van der Waals surface area (Å²) in [4.78, 5) is 0. The molecule has 2 rings (SSSR count). The number of rotatable bonds is 6. The number of hydrogen-bond acceptors (Lipinski definition) is 3. The fourth-order valence-corrected chi connectivity index (χ4v) is 2.43. The quantitative estimate of drug-likeness (QED) is 0.876. The van der Waals surface area contributed by atoms with Gasteiger partial charge in [-0.25, -0.2) is 0 Å². The summed E-state index contributed by atoms with van der Waals surface area (Å²) in [7, 11) is 3.35. The predicted octanol–water partition coefficient (Wildman–Crippen LogP) is 3.79. The SMILES string of the molecule is CCNCc1ccc(-c2ccc(OC)cc2OC)c(C)c1. The molecule has 0 heterocycles. The molecule has 3 heteroatoms. The van der Waals surface area contributed by atoms with Crippen molar-refractivity contribution in [3.8, 4) is 22.6 Å². The number of methoxy groups -OCH3 is 2. The highest BCUT2D eigenvalue weighted by Gasteiger charge is 2.10. The normalized spacial score (nSPS) is 10.5. The minimum Gasteiger partial charge on any atom is -0.497 e. The number of hydrogen-bond donors (Lipinski definition) is 1. The summed E-state index contributed by atoms with van der Waals surface area (Å²) < 4.78 is 10.8. The van der Waals surface area contributed by atoms with Gasteiger partial charge in [0.25, 0.3) is 0 Å². The van der Waals surface area contributed by atoms with Gasteiger partial charge in [0.05, 0.1) is 14.2 Å². The summed E-state index contributed by atoms with van der Waals surface area (Å²) >= 11 is 0. The van der Waals surface area contributed by atoms with Gasteiger partial charge >= 0.3 is 0 Å². The first-order chi connectivity index (χ1) is 10.2. The maximum atomic E-state index is 5.50. The van der Waals surface area contributed by atoms with Crippen LogP contribution in [0.3, 0.4) is 0 Å². The monoisotopic (exact) mass is 285 g/mol. The zero-order valence-corrected chi connectivity index (χ0v) is 13.2. The Morgan fingerprint density at radius 3 is 2.33 bits per heavy atom. The summed E-state index contributed by atoms with van der Waals surface area (Å²) in [6.45, 7) is 6.13. The molecule has 0 aliphatic carbocycles. The van der Waals surface area contributed by atoms with Crippen LogP contribution in [-0.4, -0.2) is 20.8 Å². The molecule has 2 aromatic carbocycles. The molecule has 0 aliphatic heterocycles. The van der Waals surface area contributed by atoms with Gasteiger partial charge in [-0.3, -0.25) is 0 Å². The maximum absolute atomic E-state index is 5.50. The lowest BCUT2D eigenvalue weighted by Crippen LogP contribution is -2.11. The van der Waals surface area contributed by atoms with Crippen LogP contribution in [-0.2, 0) is 6.54 Å². The second-order valence-corrected chi connectivity index (χ2v) is 5.00. The lowest BCUT2D eigenvalue weighted by molar-refractivity contribution is 0.395. The van der Waals surface area contributed by atoms with E-state index in [-0.39, 0.29) is 0 Å². The molecule has 3 nitrogen and oxygen atoms in total. The van der Waals surface area contributed by atoms with E-state index in [0.29, 0.717) is 0 Å². The number of aryl methyl sites for hydroxylation is 1. The first kappa shape index (κ1) is 15.4. The number of nitrogens with one attached hydrogen (secondary N) is 1. The highest BCUT2D eigenvalue weighted by Crippen LogP contribution is 2.35. The molecule has 0 unspecified atom stereocenters. The first-order valence-corrected chi connectivity index (χ1v) is 7.22. The second-order valence-electron chi connectivity index (χ2n) is 5.00. The van der Waals surface area contributed by atoms with Crippen LogP contribution in [0.15, 0.2) is 36.4 Å². The van der Waals surface area contributed by atoms with E-state index < -0.39 is 0 Å². The molecule has 0 spiro atoms. The van der Waals surface area contributed by atoms with Crippen molar-refractivity contribution in [1.29, 1.82) is 0 Å². The van der Waals surface area contributed by atoms with Crippen LogP contribution in [0, 0.1) is 6.92 Å². The Morgan fingerprint density at radius 1 is 0.952 bits per heavy atom. The van der Waals surface area contributed by atoms with Gasteiger partial charge in [0.15, 0.2) is 0 Å². The lowest BCUT2D eigenvalue weighted by Gasteiger charge is -2.14. The molecule has 0 atom stereocenters. The van der Waals surface area contributed by atoms with Crippen molar-refractivity contribution >= 4 is 0 Å². The minimum absolute atomic E-state index is 0.803.